The molecule has 1 heterocycles. The molecule has 0 saturated carbocycles. The van der Waals surface area contributed by atoms with Crippen LogP contribution in [-0.4, -0.2) is 19.5 Å². The van der Waals surface area contributed by atoms with Gasteiger partial charge in [-0.15, -0.1) is 0 Å². The molecule has 1 rings (SSSR count). The van der Waals surface area contributed by atoms with Crippen LogP contribution in [0.2, 0.25) is 0 Å². The zero-order chi connectivity index (χ0) is 4.41. The highest BCUT2D eigenvalue weighted by molar-refractivity contribution is 4.61. The summed E-state index contributed by atoms with van der Waals surface area (Å²) in [5.74, 6) is 0. The van der Waals surface area contributed by atoms with Gasteiger partial charge in [0.05, 0.1) is 0 Å². The van der Waals surface area contributed by atoms with Crippen LogP contribution >= 0.6 is 0 Å². The standard InChI is InChI=1S/C3H7FN2/c4-3-5-1-2-6-3/h3,5-6H,1-2H2. The third-order valence-electron chi connectivity index (χ3n) is 0.772. The van der Waals surface area contributed by atoms with Gasteiger partial charge in [-0.25, -0.2) is 4.39 Å². The second-order valence-electron chi connectivity index (χ2n) is 1.27. The molecule has 6 heavy (non-hydrogen) atoms. The summed E-state index contributed by atoms with van der Waals surface area (Å²) in [7, 11) is 0. The van der Waals surface area contributed by atoms with Crippen LogP contribution in [-0.2, 0) is 0 Å². The predicted molar refractivity (Wildman–Crippen MR) is 20.9 cm³/mol. The second-order valence-corrected chi connectivity index (χ2v) is 1.27. The lowest BCUT2D eigenvalue weighted by atomic mass is 10.7. The van der Waals surface area contributed by atoms with Gasteiger partial charge in [-0.2, -0.15) is 0 Å². The van der Waals surface area contributed by atoms with E-state index in [2.05, 4.69) is 10.6 Å². The Labute approximate surface area is 35.7 Å². The van der Waals surface area contributed by atoms with Gasteiger partial charge in [-0.05, 0) is 0 Å². The summed E-state index contributed by atoms with van der Waals surface area (Å²) in [6, 6.07) is 0. The summed E-state index contributed by atoms with van der Waals surface area (Å²) in [6.45, 7) is 1.50. The topological polar surface area (TPSA) is 24.1 Å². The first-order valence-electron chi connectivity index (χ1n) is 2.00. The number of hydrogen-bond donors (Lipinski definition) is 2. The molecule has 0 aromatic heterocycles. The van der Waals surface area contributed by atoms with E-state index in [4.69, 9.17) is 0 Å². The Bertz CT molecular complexity index is 42.1. The van der Waals surface area contributed by atoms with E-state index < -0.39 is 6.42 Å². The van der Waals surface area contributed by atoms with Crippen molar-refractivity contribution in [3.05, 3.63) is 0 Å². The fraction of sp³-hybridized carbons (Fsp3) is 1.00. The highest BCUT2D eigenvalue weighted by Gasteiger charge is 2.07. The van der Waals surface area contributed by atoms with Gasteiger partial charge in [-0.1, -0.05) is 0 Å². The molecule has 2 nitrogen and oxygen atoms in total. The summed E-state index contributed by atoms with van der Waals surface area (Å²) in [6.07, 6.45) is -0.954. The maximum Gasteiger partial charge on any atom is 0.205 e. The second kappa shape index (κ2) is 1.53. The molecule has 0 unspecified atom stereocenters. The molecule has 1 saturated heterocycles. The molecule has 0 spiro atoms. The molecule has 0 aromatic carbocycles. The van der Waals surface area contributed by atoms with Gasteiger partial charge in [0.1, 0.15) is 0 Å². The van der Waals surface area contributed by atoms with Gasteiger partial charge in [0.2, 0.25) is 6.42 Å². The largest absolute Gasteiger partial charge is 0.274 e. The van der Waals surface area contributed by atoms with E-state index in [0.717, 1.165) is 13.1 Å². The Hall–Kier alpha value is -0.150. The Balaban J connectivity index is 2.18. The third-order valence-corrected chi connectivity index (χ3v) is 0.772. The van der Waals surface area contributed by atoms with Crippen LogP contribution in [0.25, 0.3) is 0 Å². The molecular formula is C3H7FN2. The molecular weight excluding hydrogens is 83.0 g/mol. The Morgan fingerprint density at radius 1 is 1.33 bits per heavy atom. The summed E-state index contributed by atoms with van der Waals surface area (Å²) in [5.41, 5.74) is 0. The molecule has 0 radical (unpaired) electrons. The van der Waals surface area contributed by atoms with Crippen LogP contribution in [0, 0.1) is 0 Å². The van der Waals surface area contributed by atoms with Crippen molar-refractivity contribution in [2.45, 2.75) is 6.42 Å². The SMILES string of the molecule is FC1NCCN1. The Morgan fingerprint density at radius 2 is 1.83 bits per heavy atom. The van der Waals surface area contributed by atoms with E-state index in [1.165, 1.54) is 0 Å². The van der Waals surface area contributed by atoms with Crippen LogP contribution in [0.1, 0.15) is 0 Å². The van der Waals surface area contributed by atoms with Crippen molar-refractivity contribution < 1.29 is 4.39 Å². The van der Waals surface area contributed by atoms with E-state index in [1.807, 2.05) is 0 Å². The zero-order valence-corrected chi connectivity index (χ0v) is 3.37. The molecule has 3 heteroatoms. The average molecular weight is 90.1 g/mol. The minimum absolute atomic E-state index is 0.751. The Kier molecular flexibility index (Phi) is 1.03. The van der Waals surface area contributed by atoms with Crippen LogP contribution in [0.15, 0.2) is 0 Å². The highest BCUT2D eigenvalue weighted by atomic mass is 19.1. The zero-order valence-electron chi connectivity index (χ0n) is 3.37. The lowest BCUT2D eigenvalue weighted by molar-refractivity contribution is 0.280. The minimum atomic E-state index is -0.954. The monoisotopic (exact) mass is 90.1 g/mol. The van der Waals surface area contributed by atoms with E-state index in [0.29, 0.717) is 0 Å². The van der Waals surface area contributed by atoms with Gasteiger partial charge < -0.3 is 0 Å². The predicted octanol–water partition coefficient (Wildman–Crippen LogP) is -0.568. The van der Waals surface area contributed by atoms with Crippen LogP contribution in [0.4, 0.5) is 4.39 Å². The summed E-state index contributed by atoms with van der Waals surface area (Å²) >= 11 is 0. The summed E-state index contributed by atoms with van der Waals surface area (Å²) in [5, 5.41) is 5.08. The summed E-state index contributed by atoms with van der Waals surface area (Å²) < 4.78 is 11.7. The van der Waals surface area contributed by atoms with Crippen LogP contribution < -0.4 is 10.6 Å². The van der Waals surface area contributed by atoms with Crippen molar-refractivity contribution in [2.24, 2.45) is 0 Å². The van der Waals surface area contributed by atoms with E-state index in [1.54, 1.807) is 0 Å². The lowest BCUT2D eigenvalue weighted by Crippen LogP contribution is -2.24. The number of halogens is 1. The van der Waals surface area contributed by atoms with Crippen LogP contribution in [0.5, 0.6) is 0 Å². The van der Waals surface area contributed by atoms with Crippen molar-refractivity contribution in [1.29, 1.82) is 0 Å². The maximum absolute atomic E-state index is 11.7. The molecule has 0 atom stereocenters. The average Bonchev–Trinajstić information content (AvgIpc) is 1.86. The smallest absolute Gasteiger partial charge is 0.205 e. The number of nitrogens with one attached hydrogen (secondary N) is 2. The van der Waals surface area contributed by atoms with Crippen molar-refractivity contribution >= 4 is 0 Å². The van der Waals surface area contributed by atoms with Crippen molar-refractivity contribution in [3.8, 4) is 0 Å². The molecule has 0 aliphatic carbocycles. The van der Waals surface area contributed by atoms with Gasteiger partial charge in [0, 0.05) is 13.1 Å². The normalized spacial score (nSPS) is 25.5. The van der Waals surface area contributed by atoms with Crippen molar-refractivity contribution in [2.75, 3.05) is 13.1 Å². The van der Waals surface area contributed by atoms with Gasteiger partial charge >= 0.3 is 0 Å². The van der Waals surface area contributed by atoms with Gasteiger partial charge in [0.25, 0.3) is 0 Å². The quantitative estimate of drug-likeness (QED) is 0.389. The first-order chi connectivity index (χ1) is 2.89. The molecule has 1 aliphatic rings. The summed E-state index contributed by atoms with van der Waals surface area (Å²) in [4.78, 5) is 0. The number of hydrogen-bond acceptors (Lipinski definition) is 2. The maximum atomic E-state index is 11.7. The first-order valence-corrected chi connectivity index (χ1v) is 2.00. The lowest BCUT2D eigenvalue weighted by Gasteiger charge is -1.92. The highest BCUT2D eigenvalue weighted by Crippen LogP contribution is 1.82. The fourth-order valence-electron chi connectivity index (χ4n) is 0.470. The molecule has 1 aliphatic heterocycles. The third kappa shape index (κ3) is 0.666. The van der Waals surface area contributed by atoms with Gasteiger partial charge in [0.15, 0.2) is 0 Å². The Morgan fingerprint density at radius 3 is 2.00 bits per heavy atom. The van der Waals surface area contributed by atoms with E-state index in [9.17, 15) is 4.39 Å². The molecule has 36 valence electrons. The van der Waals surface area contributed by atoms with Gasteiger partial charge in [-0.3, -0.25) is 10.6 Å². The number of alkyl halides is 1. The molecule has 0 amide bonds. The van der Waals surface area contributed by atoms with Crippen LogP contribution in [0.3, 0.4) is 0 Å². The minimum Gasteiger partial charge on any atom is -0.274 e. The van der Waals surface area contributed by atoms with E-state index >= 15 is 0 Å². The molecule has 0 aromatic rings. The number of rotatable bonds is 0. The molecule has 0 bridgehead atoms. The fourth-order valence-corrected chi connectivity index (χ4v) is 0.470. The van der Waals surface area contributed by atoms with Crippen molar-refractivity contribution in [1.82, 2.24) is 10.6 Å². The van der Waals surface area contributed by atoms with E-state index in [-0.39, 0.29) is 0 Å². The molecule has 2 N–H and O–H groups in total. The van der Waals surface area contributed by atoms with Crippen molar-refractivity contribution in [3.63, 3.8) is 0 Å². The first kappa shape index (κ1) is 4.02. The molecule has 1 fully saturated rings.